The molecule has 0 aliphatic carbocycles. The molecular formula is C16H18O7S. The first-order valence-corrected chi connectivity index (χ1v) is 8.05. The van der Waals surface area contributed by atoms with Crippen molar-refractivity contribution in [1.29, 1.82) is 0 Å². The second-order valence-electron chi connectivity index (χ2n) is 5.72. The van der Waals surface area contributed by atoms with E-state index in [9.17, 15) is 20.1 Å². The lowest BCUT2D eigenvalue weighted by Gasteiger charge is -2.39. The van der Waals surface area contributed by atoms with Crippen molar-refractivity contribution in [1.82, 2.24) is 0 Å². The summed E-state index contributed by atoms with van der Waals surface area (Å²) in [6.07, 6.45) is -6.07. The molecule has 5 atom stereocenters. The van der Waals surface area contributed by atoms with Crippen molar-refractivity contribution < 1.29 is 29.2 Å². The van der Waals surface area contributed by atoms with Crippen molar-refractivity contribution in [3.63, 3.8) is 0 Å². The Labute approximate surface area is 142 Å². The van der Waals surface area contributed by atoms with E-state index in [0.29, 0.717) is 11.3 Å². The van der Waals surface area contributed by atoms with E-state index in [-0.39, 0.29) is 5.75 Å². The number of fused-ring (bicyclic) bond motifs is 1. The first kappa shape index (κ1) is 17.2. The van der Waals surface area contributed by atoms with Crippen molar-refractivity contribution in [3.05, 3.63) is 40.2 Å². The van der Waals surface area contributed by atoms with Crippen molar-refractivity contribution in [2.45, 2.75) is 37.6 Å². The largest absolute Gasteiger partial charge is 0.462 e. The van der Waals surface area contributed by atoms with E-state index in [0.717, 1.165) is 10.9 Å². The molecule has 2 aromatic rings. The third-order valence-corrected chi connectivity index (χ3v) is 4.38. The number of hydrogen-bond acceptors (Lipinski definition) is 8. The molecule has 1 aliphatic heterocycles. The van der Waals surface area contributed by atoms with Crippen LogP contribution in [-0.2, 0) is 4.74 Å². The molecule has 0 unspecified atom stereocenters. The topological polar surface area (TPSA) is 109 Å². The van der Waals surface area contributed by atoms with Gasteiger partial charge in [-0.15, -0.1) is 0 Å². The fourth-order valence-electron chi connectivity index (χ4n) is 2.68. The summed E-state index contributed by atoms with van der Waals surface area (Å²) in [5, 5.41) is 30.5. The highest BCUT2D eigenvalue weighted by Gasteiger charge is 2.44. The Morgan fingerprint density at radius 2 is 1.92 bits per heavy atom. The molecule has 2 heterocycles. The minimum absolute atomic E-state index is 0.149. The van der Waals surface area contributed by atoms with Crippen LogP contribution >= 0.6 is 12.6 Å². The predicted octanol–water partition coefficient (Wildman–Crippen LogP) is 0.218. The SMILES string of the molecule is Cc1cc(=O)oc2cc(O[C@@H]3O[C@H](CS)[C@@H](O)[C@H](O)[C@H]3O)ccc12. The highest BCUT2D eigenvalue weighted by molar-refractivity contribution is 7.80. The first-order valence-electron chi connectivity index (χ1n) is 7.42. The van der Waals surface area contributed by atoms with Crippen LogP contribution in [0, 0.1) is 6.92 Å². The fraction of sp³-hybridized carbons (Fsp3) is 0.438. The van der Waals surface area contributed by atoms with Crippen LogP contribution in [0.15, 0.2) is 33.5 Å². The molecule has 0 saturated carbocycles. The lowest BCUT2D eigenvalue weighted by molar-refractivity contribution is -0.266. The van der Waals surface area contributed by atoms with Gasteiger partial charge in [0.15, 0.2) is 0 Å². The van der Waals surface area contributed by atoms with E-state index in [1.165, 1.54) is 12.1 Å². The second kappa shape index (κ2) is 6.73. The zero-order valence-corrected chi connectivity index (χ0v) is 13.7. The zero-order chi connectivity index (χ0) is 17.4. The number of benzene rings is 1. The van der Waals surface area contributed by atoms with Gasteiger partial charge in [-0.1, -0.05) is 0 Å². The second-order valence-corrected chi connectivity index (χ2v) is 6.09. The van der Waals surface area contributed by atoms with Gasteiger partial charge in [-0.2, -0.15) is 12.6 Å². The average Bonchev–Trinajstić information content (AvgIpc) is 2.55. The maximum Gasteiger partial charge on any atom is 0.336 e. The molecule has 3 rings (SSSR count). The lowest BCUT2D eigenvalue weighted by Crippen LogP contribution is -2.59. The number of rotatable bonds is 3. The Bertz CT molecular complexity index is 788. The van der Waals surface area contributed by atoms with Crippen molar-refractivity contribution in [2.24, 2.45) is 0 Å². The number of hydrogen-bond donors (Lipinski definition) is 4. The van der Waals surface area contributed by atoms with Crippen LogP contribution in [0.5, 0.6) is 5.75 Å². The lowest BCUT2D eigenvalue weighted by atomic mass is 10.00. The third kappa shape index (κ3) is 3.15. The number of ether oxygens (including phenoxy) is 2. The molecule has 1 aromatic heterocycles. The summed E-state index contributed by atoms with van der Waals surface area (Å²) in [4.78, 5) is 11.5. The summed E-state index contributed by atoms with van der Waals surface area (Å²) in [6.45, 7) is 1.79. The maximum atomic E-state index is 11.5. The van der Waals surface area contributed by atoms with Gasteiger partial charge in [0.25, 0.3) is 0 Å². The van der Waals surface area contributed by atoms with Crippen molar-refractivity contribution in [2.75, 3.05) is 5.75 Å². The van der Waals surface area contributed by atoms with Gasteiger partial charge in [0, 0.05) is 23.3 Å². The highest BCUT2D eigenvalue weighted by Crippen LogP contribution is 2.27. The molecule has 0 bridgehead atoms. The fourth-order valence-corrected chi connectivity index (χ4v) is 2.98. The van der Waals surface area contributed by atoms with Crippen LogP contribution in [0.2, 0.25) is 0 Å². The van der Waals surface area contributed by atoms with Crippen LogP contribution in [0.25, 0.3) is 11.0 Å². The Morgan fingerprint density at radius 1 is 1.17 bits per heavy atom. The van der Waals surface area contributed by atoms with Gasteiger partial charge in [-0.05, 0) is 24.6 Å². The van der Waals surface area contributed by atoms with Gasteiger partial charge < -0.3 is 29.2 Å². The molecule has 0 spiro atoms. The molecule has 130 valence electrons. The Kier molecular flexibility index (Phi) is 4.84. The standard InChI is InChI=1S/C16H18O7S/c1-7-4-12(17)22-10-5-8(2-3-9(7)10)21-16-15(20)14(19)13(18)11(6-24)23-16/h2-5,11,13-16,18-20,24H,6H2,1H3/t11-,13-,14+,15-,16-/m1/s1. The molecule has 1 aromatic carbocycles. The van der Waals surface area contributed by atoms with Gasteiger partial charge in [-0.25, -0.2) is 4.79 Å². The van der Waals surface area contributed by atoms with E-state index in [1.54, 1.807) is 19.1 Å². The molecule has 1 saturated heterocycles. The molecule has 24 heavy (non-hydrogen) atoms. The van der Waals surface area contributed by atoms with Crippen LogP contribution in [0.3, 0.4) is 0 Å². The van der Waals surface area contributed by atoms with E-state index >= 15 is 0 Å². The van der Waals surface area contributed by atoms with Crippen LogP contribution < -0.4 is 10.4 Å². The van der Waals surface area contributed by atoms with E-state index in [2.05, 4.69) is 12.6 Å². The van der Waals surface area contributed by atoms with Gasteiger partial charge in [0.05, 0.1) is 6.10 Å². The maximum absolute atomic E-state index is 11.5. The molecule has 1 fully saturated rings. The Balaban J connectivity index is 1.87. The van der Waals surface area contributed by atoms with Gasteiger partial charge in [0.1, 0.15) is 29.6 Å². The van der Waals surface area contributed by atoms with E-state index in [1.807, 2.05) is 0 Å². The highest BCUT2D eigenvalue weighted by atomic mass is 32.1. The molecule has 0 amide bonds. The normalized spacial score (nSPS) is 30.5. The van der Waals surface area contributed by atoms with Crippen molar-refractivity contribution >= 4 is 23.6 Å². The predicted molar refractivity (Wildman–Crippen MR) is 88.4 cm³/mol. The molecule has 7 nitrogen and oxygen atoms in total. The summed E-state index contributed by atoms with van der Waals surface area (Å²) in [6, 6.07) is 6.26. The summed E-state index contributed by atoms with van der Waals surface area (Å²) in [5.41, 5.74) is 0.643. The van der Waals surface area contributed by atoms with Crippen molar-refractivity contribution in [3.8, 4) is 5.75 Å². The molecule has 3 N–H and O–H groups in total. The van der Waals surface area contributed by atoms with Gasteiger partial charge in [0.2, 0.25) is 6.29 Å². The monoisotopic (exact) mass is 354 g/mol. The minimum Gasteiger partial charge on any atom is -0.462 e. The number of aliphatic hydroxyl groups is 3. The van der Waals surface area contributed by atoms with Crippen LogP contribution in [0.1, 0.15) is 5.56 Å². The van der Waals surface area contributed by atoms with Crippen LogP contribution in [0.4, 0.5) is 0 Å². The summed E-state index contributed by atoms with van der Waals surface area (Å²) < 4.78 is 16.1. The number of thiol groups is 1. The number of aliphatic hydroxyl groups excluding tert-OH is 3. The molecule has 0 radical (unpaired) electrons. The minimum atomic E-state index is -1.43. The zero-order valence-electron chi connectivity index (χ0n) is 12.8. The van der Waals surface area contributed by atoms with Gasteiger partial charge in [-0.3, -0.25) is 0 Å². The summed E-state index contributed by atoms with van der Waals surface area (Å²) in [5.74, 6) is 0.443. The Morgan fingerprint density at radius 3 is 2.62 bits per heavy atom. The van der Waals surface area contributed by atoms with E-state index < -0.39 is 36.3 Å². The third-order valence-electron chi connectivity index (χ3n) is 4.02. The Hall–Kier alpha value is -1.58. The van der Waals surface area contributed by atoms with Gasteiger partial charge >= 0.3 is 5.63 Å². The molecule has 8 heteroatoms. The molecular weight excluding hydrogens is 336 g/mol. The van der Waals surface area contributed by atoms with E-state index in [4.69, 9.17) is 13.9 Å². The number of aryl methyl sites for hydroxylation is 1. The smallest absolute Gasteiger partial charge is 0.336 e. The first-order chi connectivity index (χ1) is 11.4. The summed E-state index contributed by atoms with van der Waals surface area (Å²) >= 11 is 4.05. The summed E-state index contributed by atoms with van der Waals surface area (Å²) in [7, 11) is 0. The average molecular weight is 354 g/mol. The molecule has 1 aliphatic rings. The quantitative estimate of drug-likeness (QED) is 0.461. The van der Waals surface area contributed by atoms with Crippen LogP contribution in [-0.4, -0.2) is 51.8 Å².